The maximum absolute atomic E-state index is 11.6. The van der Waals surface area contributed by atoms with Crippen LogP contribution in [0.3, 0.4) is 0 Å². The molecule has 0 radical (unpaired) electrons. The first-order chi connectivity index (χ1) is 9.92. The molecule has 0 fully saturated rings. The Labute approximate surface area is 131 Å². The van der Waals surface area contributed by atoms with Gasteiger partial charge in [-0.25, -0.2) is 4.79 Å². The highest BCUT2D eigenvalue weighted by molar-refractivity contribution is 6.35. The topological polar surface area (TPSA) is 84.5 Å². The van der Waals surface area contributed by atoms with Crippen LogP contribution in [0.25, 0.3) is 0 Å². The summed E-state index contributed by atoms with van der Waals surface area (Å²) in [4.78, 5) is 33.9. The van der Waals surface area contributed by atoms with Crippen molar-refractivity contribution in [3.05, 3.63) is 33.8 Å². The standard InChI is InChI=1S/C13H14Cl2N2O4/c1-2-16-13(20)17-11(18)7-21-12(19)5-8-3-4-9(14)6-10(8)15/h3-4,6H,2,5,7H2,1H3,(H2,16,17,18,20). The highest BCUT2D eigenvalue weighted by Gasteiger charge is 2.12. The minimum Gasteiger partial charge on any atom is -0.455 e. The zero-order valence-corrected chi connectivity index (χ0v) is 12.8. The van der Waals surface area contributed by atoms with E-state index in [1.165, 1.54) is 6.07 Å². The summed E-state index contributed by atoms with van der Waals surface area (Å²) in [6, 6.07) is 4.06. The molecule has 0 saturated carbocycles. The van der Waals surface area contributed by atoms with E-state index in [-0.39, 0.29) is 6.42 Å². The second-order valence-electron chi connectivity index (χ2n) is 3.98. The maximum Gasteiger partial charge on any atom is 0.321 e. The zero-order chi connectivity index (χ0) is 15.8. The summed E-state index contributed by atoms with van der Waals surface area (Å²) in [6.07, 6.45) is -0.0928. The van der Waals surface area contributed by atoms with Gasteiger partial charge in [0.05, 0.1) is 6.42 Å². The van der Waals surface area contributed by atoms with Crippen LogP contribution in [0.2, 0.25) is 10.0 Å². The monoisotopic (exact) mass is 332 g/mol. The van der Waals surface area contributed by atoms with Gasteiger partial charge < -0.3 is 10.1 Å². The van der Waals surface area contributed by atoms with Gasteiger partial charge >= 0.3 is 12.0 Å². The van der Waals surface area contributed by atoms with Crippen molar-refractivity contribution >= 4 is 41.1 Å². The Morgan fingerprint density at radius 1 is 1.24 bits per heavy atom. The molecular weight excluding hydrogens is 319 g/mol. The van der Waals surface area contributed by atoms with Crippen LogP contribution in [0, 0.1) is 0 Å². The third kappa shape index (κ3) is 6.46. The number of hydrogen-bond acceptors (Lipinski definition) is 4. The van der Waals surface area contributed by atoms with Gasteiger partial charge in [-0.3, -0.25) is 14.9 Å². The van der Waals surface area contributed by atoms with Crippen molar-refractivity contribution in [1.29, 1.82) is 0 Å². The Bertz CT molecular complexity index is 549. The van der Waals surface area contributed by atoms with E-state index < -0.39 is 24.5 Å². The summed E-state index contributed by atoms with van der Waals surface area (Å²) in [7, 11) is 0. The zero-order valence-electron chi connectivity index (χ0n) is 11.2. The van der Waals surface area contributed by atoms with Crippen molar-refractivity contribution < 1.29 is 19.1 Å². The lowest BCUT2D eigenvalue weighted by atomic mass is 10.1. The summed E-state index contributed by atoms with van der Waals surface area (Å²) < 4.78 is 4.75. The molecule has 0 aliphatic heterocycles. The molecule has 0 bridgehead atoms. The van der Waals surface area contributed by atoms with E-state index in [2.05, 4.69) is 5.32 Å². The minimum atomic E-state index is -0.712. The molecule has 0 saturated heterocycles. The number of carbonyl (C=O) groups is 3. The van der Waals surface area contributed by atoms with Gasteiger partial charge in [0.25, 0.3) is 5.91 Å². The van der Waals surface area contributed by atoms with Crippen LogP contribution in [0.15, 0.2) is 18.2 Å². The highest BCUT2D eigenvalue weighted by atomic mass is 35.5. The van der Waals surface area contributed by atoms with Crippen LogP contribution in [-0.4, -0.2) is 31.1 Å². The van der Waals surface area contributed by atoms with E-state index in [0.717, 1.165) is 0 Å². The van der Waals surface area contributed by atoms with Gasteiger partial charge in [-0.15, -0.1) is 0 Å². The molecule has 1 aromatic rings. The van der Waals surface area contributed by atoms with Gasteiger partial charge in [-0.2, -0.15) is 0 Å². The Hall–Kier alpha value is -1.79. The molecule has 0 heterocycles. The fourth-order valence-electron chi connectivity index (χ4n) is 1.39. The molecule has 114 valence electrons. The summed E-state index contributed by atoms with van der Waals surface area (Å²) >= 11 is 11.7. The van der Waals surface area contributed by atoms with E-state index in [0.29, 0.717) is 22.2 Å². The number of carbonyl (C=O) groups excluding carboxylic acids is 3. The summed E-state index contributed by atoms with van der Waals surface area (Å²) in [5.41, 5.74) is 0.537. The summed E-state index contributed by atoms with van der Waals surface area (Å²) in [6.45, 7) is 1.55. The van der Waals surface area contributed by atoms with Crippen molar-refractivity contribution in [2.75, 3.05) is 13.2 Å². The molecule has 3 amide bonds. The molecule has 0 unspecified atom stereocenters. The van der Waals surface area contributed by atoms with Crippen molar-refractivity contribution in [3.63, 3.8) is 0 Å². The Morgan fingerprint density at radius 3 is 2.57 bits per heavy atom. The van der Waals surface area contributed by atoms with Crippen LogP contribution >= 0.6 is 23.2 Å². The SMILES string of the molecule is CCNC(=O)NC(=O)COC(=O)Cc1ccc(Cl)cc1Cl. The average Bonchev–Trinajstić information content (AvgIpc) is 2.40. The molecule has 21 heavy (non-hydrogen) atoms. The van der Waals surface area contributed by atoms with Crippen molar-refractivity contribution in [2.45, 2.75) is 13.3 Å². The number of halogens is 2. The second kappa shape index (κ2) is 8.49. The van der Waals surface area contributed by atoms with Gasteiger partial charge in [0.1, 0.15) is 0 Å². The van der Waals surface area contributed by atoms with Crippen LogP contribution in [-0.2, 0) is 20.7 Å². The number of esters is 1. The summed E-state index contributed by atoms with van der Waals surface area (Å²) in [5, 5.41) is 5.18. The van der Waals surface area contributed by atoms with Gasteiger partial charge in [-0.05, 0) is 24.6 Å². The normalized spacial score (nSPS) is 9.86. The molecule has 2 N–H and O–H groups in total. The number of hydrogen-bond donors (Lipinski definition) is 2. The number of rotatable bonds is 5. The lowest BCUT2D eigenvalue weighted by molar-refractivity contribution is -0.147. The largest absolute Gasteiger partial charge is 0.455 e. The van der Waals surface area contributed by atoms with Crippen molar-refractivity contribution in [3.8, 4) is 0 Å². The highest BCUT2D eigenvalue weighted by Crippen LogP contribution is 2.21. The van der Waals surface area contributed by atoms with Crippen molar-refractivity contribution in [2.24, 2.45) is 0 Å². The predicted octanol–water partition coefficient (Wildman–Crippen LogP) is 1.92. The van der Waals surface area contributed by atoms with E-state index in [1.54, 1.807) is 19.1 Å². The molecule has 8 heteroatoms. The quantitative estimate of drug-likeness (QED) is 0.807. The molecular formula is C13H14Cl2N2O4. The first kappa shape index (κ1) is 17.3. The average molecular weight is 333 g/mol. The summed E-state index contributed by atoms with van der Waals surface area (Å²) in [5.74, 6) is -1.35. The second-order valence-corrected chi connectivity index (χ2v) is 4.82. The molecule has 0 spiro atoms. The fraction of sp³-hybridized carbons (Fsp3) is 0.308. The maximum atomic E-state index is 11.6. The first-order valence-electron chi connectivity index (χ1n) is 6.09. The third-order valence-corrected chi connectivity index (χ3v) is 2.89. The van der Waals surface area contributed by atoms with E-state index in [4.69, 9.17) is 27.9 Å². The number of ether oxygens (including phenoxy) is 1. The van der Waals surface area contributed by atoms with E-state index in [1.807, 2.05) is 5.32 Å². The first-order valence-corrected chi connectivity index (χ1v) is 6.85. The number of amides is 3. The molecule has 6 nitrogen and oxygen atoms in total. The van der Waals surface area contributed by atoms with Gasteiger partial charge in [0.2, 0.25) is 0 Å². The number of urea groups is 1. The van der Waals surface area contributed by atoms with Gasteiger partial charge in [0, 0.05) is 16.6 Å². The molecule has 1 rings (SSSR count). The lowest BCUT2D eigenvalue weighted by Gasteiger charge is -2.07. The minimum absolute atomic E-state index is 0.0928. The fourth-order valence-corrected chi connectivity index (χ4v) is 1.86. The molecule has 0 atom stereocenters. The smallest absolute Gasteiger partial charge is 0.321 e. The van der Waals surface area contributed by atoms with Crippen LogP contribution in [0.4, 0.5) is 4.79 Å². The van der Waals surface area contributed by atoms with E-state index in [9.17, 15) is 14.4 Å². The molecule has 0 aliphatic carbocycles. The van der Waals surface area contributed by atoms with Gasteiger partial charge in [0.15, 0.2) is 6.61 Å². The number of benzene rings is 1. The van der Waals surface area contributed by atoms with Crippen molar-refractivity contribution in [1.82, 2.24) is 10.6 Å². The Balaban J connectivity index is 2.40. The van der Waals surface area contributed by atoms with Crippen LogP contribution in [0.5, 0.6) is 0 Å². The molecule has 1 aromatic carbocycles. The van der Waals surface area contributed by atoms with Crippen LogP contribution < -0.4 is 10.6 Å². The predicted molar refractivity (Wildman–Crippen MR) is 78.3 cm³/mol. The van der Waals surface area contributed by atoms with E-state index >= 15 is 0 Å². The third-order valence-electron chi connectivity index (χ3n) is 2.30. The van der Waals surface area contributed by atoms with Gasteiger partial charge in [-0.1, -0.05) is 29.3 Å². The number of imide groups is 1. The Kier molecular flexibility index (Phi) is 6.98. The van der Waals surface area contributed by atoms with Crippen LogP contribution in [0.1, 0.15) is 12.5 Å². The Morgan fingerprint density at radius 2 is 1.95 bits per heavy atom. The lowest BCUT2D eigenvalue weighted by Crippen LogP contribution is -2.41. The molecule has 0 aromatic heterocycles. The molecule has 0 aliphatic rings. The number of nitrogens with one attached hydrogen (secondary N) is 2.